The number of fused-ring (bicyclic) bond motifs is 1. The molecule has 0 saturated carbocycles. The molecule has 166 valence electrons. The van der Waals surface area contributed by atoms with Gasteiger partial charge in [0.05, 0.1) is 17.9 Å². The SMILES string of the molecule is Cc1ocnc1Cn1[nH]c2c(-c3cc(Cl)nc(CO)c3)c(-c3ccccc3)nc(N)[n+]2c1=O. The quantitative estimate of drug-likeness (QED) is 0.267. The van der Waals surface area contributed by atoms with Gasteiger partial charge in [-0.3, -0.25) is 0 Å². The van der Waals surface area contributed by atoms with Crippen LogP contribution < -0.4 is 15.8 Å². The smallest absolute Gasteiger partial charge is 0.428 e. The third-order valence-corrected chi connectivity index (χ3v) is 5.51. The number of oxazole rings is 1. The Labute approximate surface area is 191 Å². The van der Waals surface area contributed by atoms with Gasteiger partial charge >= 0.3 is 11.6 Å². The second-order valence-corrected chi connectivity index (χ2v) is 7.79. The number of hydrogen-bond acceptors (Lipinski definition) is 7. The Morgan fingerprint density at radius 3 is 2.70 bits per heavy atom. The van der Waals surface area contributed by atoms with Gasteiger partial charge in [-0.1, -0.05) is 41.9 Å². The van der Waals surface area contributed by atoms with Crippen LogP contribution in [0.25, 0.3) is 28.0 Å². The van der Waals surface area contributed by atoms with Crippen molar-refractivity contribution in [3.8, 4) is 22.4 Å². The second-order valence-electron chi connectivity index (χ2n) is 7.41. The van der Waals surface area contributed by atoms with Crippen LogP contribution in [0.3, 0.4) is 0 Å². The zero-order valence-corrected chi connectivity index (χ0v) is 18.2. The van der Waals surface area contributed by atoms with Gasteiger partial charge in [0, 0.05) is 5.56 Å². The zero-order chi connectivity index (χ0) is 23.1. The van der Waals surface area contributed by atoms with Crippen LogP contribution in [0.1, 0.15) is 17.1 Å². The van der Waals surface area contributed by atoms with E-state index in [1.807, 2.05) is 30.3 Å². The molecule has 0 aliphatic rings. The number of H-pyrrole nitrogens is 1. The first-order valence-corrected chi connectivity index (χ1v) is 10.4. The Morgan fingerprint density at radius 1 is 1.21 bits per heavy atom. The number of anilines is 1. The summed E-state index contributed by atoms with van der Waals surface area (Å²) in [6, 6.07) is 12.8. The number of halogens is 1. The number of aromatic amines is 1. The molecule has 0 saturated heterocycles. The molecule has 4 aromatic heterocycles. The number of nitrogen functional groups attached to an aromatic ring is 1. The Balaban J connectivity index is 1.84. The molecule has 10 nitrogen and oxygen atoms in total. The van der Waals surface area contributed by atoms with E-state index in [-0.39, 0.29) is 24.3 Å². The topological polar surface area (TPSA) is 140 Å². The molecule has 0 aliphatic heterocycles. The van der Waals surface area contributed by atoms with Crippen LogP contribution in [0, 0.1) is 6.92 Å². The van der Waals surface area contributed by atoms with Gasteiger partial charge in [0.25, 0.3) is 0 Å². The van der Waals surface area contributed by atoms with E-state index < -0.39 is 5.69 Å². The molecule has 0 unspecified atom stereocenters. The molecule has 1 aromatic carbocycles. The van der Waals surface area contributed by atoms with Crippen molar-refractivity contribution in [3.63, 3.8) is 0 Å². The normalized spacial score (nSPS) is 11.4. The van der Waals surface area contributed by atoms with Crippen molar-refractivity contribution in [1.29, 1.82) is 0 Å². The summed E-state index contributed by atoms with van der Waals surface area (Å²) in [5, 5.41) is 13.0. The Kier molecular flexibility index (Phi) is 5.15. The summed E-state index contributed by atoms with van der Waals surface area (Å²) >= 11 is 6.24. The third kappa shape index (κ3) is 3.65. The summed E-state index contributed by atoms with van der Waals surface area (Å²) in [4.78, 5) is 26.1. The third-order valence-electron chi connectivity index (χ3n) is 5.31. The number of pyridine rings is 1. The van der Waals surface area contributed by atoms with E-state index in [0.717, 1.165) is 5.56 Å². The number of nitrogens with one attached hydrogen (secondary N) is 1. The van der Waals surface area contributed by atoms with E-state index in [1.54, 1.807) is 19.1 Å². The maximum absolute atomic E-state index is 13.2. The Morgan fingerprint density at radius 2 is 2.00 bits per heavy atom. The predicted octanol–water partition coefficient (Wildman–Crippen LogP) is 2.11. The lowest BCUT2D eigenvalue weighted by Crippen LogP contribution is -2.44. The number of nitrogens with zero attached hydrogens (tertiary/aromatic N) is 5. The van der Waals surface area contributed by atoms with Gasteiger partial charge in [-0.25, -0.2) is 19.9 Å². The average molecular weight is 465 g/mol. The summed E-state index contributed by atoms with van der Waals surface area (Å²) in [5.74, 6) is 0.627. The standard InChI is InChI=1S/C22H18ClN7O3/c1-12-16(25-11-33-12)9-29-22(32)30-20(28-29)18(14-7-15(10-31)26-17(23)8-14)19(27-21(30)24)13-5-3-2-4-6-13/h2-8,11,31H,9-10H2,1H3,(H2,24,26,27,28)/p+1. The van der Waals surface area contributed by atoms with E-state index >= 15 is 0 Å². The van der Waals surface area contributed by atoms with Crippen molar-refractivity contribution >= 4 is 23.2 Å². The number of benzene rings is 1. The maximum atomic E-state index is 13.2. The first-order valence-electron chi connectivity index (χ1n) is 10.0. The summed E-state index contributed by atoms with van der Waals surface area (Å²) < 4.78 is 7.93. The minimum absolute atomic E-state index is 0.0204. The van der Waals surface area contributed by atoms with Gasteiger partial charge < -0.3 is 15.3 Å². The molecule has 0 bridgehead atoms. The zero-order valence-electron chi connectivity index (χ0n) is 17.5. The second kappa shape index (κ2) is 8.15. The molecular weight excluding hydrogens is 446 g/mol. The molecule has 0 amide bonds. The van der Waals surface area contributed by atoms with Crippen molar-refractivity contribution < 1.29 is 13.9 Å². The number of rotatable bonds is 5. The fourth-order valence-electron chi connectivity index (χ4n) is 3.75. The number of aromatic nitrogens is 6. The molecule has 11 heteroatoms. The predicted molar refractivity (Wildman–Crippen MR) is 120 cm³/mol. The molecule has 0 atom stereocenters. The van der Waals surface area contributed by atoms with Crippen LogP contribution in [0.15, 0.2) is 58.1 Å². The van der Waals surface area contributed by atoms with Crippen LogP contribution >= 0.6 is 11.6 Å². The van der Waals surface area contributed by atoms with Crippen molar-refractivity contribution in [2.45, 2.75) is 20.1 Å². The fourth-order valence-corrected chi connectivity index (χ4v) is 3.97. The maximum Gasteiger partial charge on any atom is 0.428 e. The van der Waals surface area contributed by atoms with Gasteiger partial charge in [0.2, 0.25) is 5.65 Å². The summed E-state index contributed by atoms with van der Waals surface area (Å²) in [6.45, 7) is 1.63. The molecule has 5 aromatic rings. The van der Waals surface area contributed by atoms with Crippen molar-refractivity contribution in [2.24, 2.45) is 0 Å². The molecule has 0 spiro atoms. The molecule has 5 rings (SSSR count). The summed E-state index contributed by atoms with van der Waals surface area (Å²) in [5.41, 5.74) is 9.78. The first-order chi connectivity index (χ1) is 16.0. The highest BCUT2D eigenvalue weighted by molar-refractivity contribution is 6.29. The lowest BCUT2D eigenvalue weighted by Gasteiger charge is -2.10. The molecule has 4 N–H and O–H groups in total. The first kappa shape index (κ1) is 20.9. The highest BCUT2D eigenvalue weighted by Gasteiger charge is 2.26. The van der Waals surface area contributed by atoms with E-state index in [4.69, 9.17) is 21.8 Å². The Bertz CT molecular complexity index is 1540. The molecule has 4 heterocycles. The van der Waals surface area contributed by atoms with Crippen LogP contribution in [0.5, 0.6) is 0 Å². The van der Waals surface area contributed by atoms with Crippen LogP contribution in [-0.2, 0) is 13.2 Å². The van der Waals surface area contributed by atoms with E-state index in [1.165, 1.54) is 15.5 Å². The Hall–Kier alpha value is -4.02. The highest BCUT2D eigenvalue weighted by Crippen LogP contribution is 2.34. The van der Waals surface area contributed by atoms with E-state index in [0.29, 0.717) is 39.6 Å². The molecular formula is C22H19ClN7O3+. The van der Waals surface area contributed by atoms with Gasteiger partial charge in [-0.05, 0) is 24.6 Å². The largest absolute Gasteiger partial charge is 0.448 e. The lowest BCUT2D eigenvalue weighted by atomic mass is 10.00. The van der Waals surface area contributed by atoms with Gasteiger partial charge in [-0.2, -0.15) is 4.68 Å². The summed E-state index contributed by atoms with van der Waals surface area (Å²) in [7, 11) is 0. The fraction of sp³-hybridized carbons (Fsp3) is 0.136. The minimum Gasteiger partial charge on any atom is -0.448 e. The monoisotopic (exact) mass is 464 g/mol. The van der Waals surface area contributed by atoms with Crippen molar-refractivity contribution in [2.75, 3.05) is 5.73 Å². The van der Waals surface area contributed by atoms with Crippen molar-refractivity contribution in [1.82, 2.24) is 24.7 Å². The van der Waals surface area contributed by atoms with E-state index in [2.05, 4.69) is 20.1 Å². The van der Waals surface area contributed by atoms with Gasteiger partial charge in [-0.15, -0.1) is 9.38 Å². The van der Waals surface area contributed by atoms with E-state index in [9.17, 15) is 9.90 Å². The summed E-state index contributed by atoms with van der Waals surface area (Å²) in [6.07, 6.45) is 1.33. The number of aliphatic hydroxyl groups excluding tert-OH is 1. The molecule has 0 aliphatic carbocycles. The molecule has 0 fully saturated rings. The minimum atomic E-state index is -0.416. The number of aryl methyl sites for hydroxylation is 1. The van der Waals surface area contributed by atoms with Crippen molar-refractivity contribution in [3.05, 3.63) is 81.6 Å². The van der Waals surface area contributed by atoms with Crippen LogP contribution in [-0.4, -0.2) is 29.8 Å². The van der Waals surface area contributed by atoms with Crippen LogP contribution in [0.4, 0.5) is 5.95 Å². The number of hydrogen-bond donors (Lipinski definition) is 3. The highest BCUT2D eigenvalue weighted by atomic mass is 35.5. The van der Waals surface area contributed by atoms with Gasteiger partial charge in [0.1, 0.15) is 28.8 Å². The van der Waals surface area contributed by atoms with Crippen LogP contribution in [0.2, 0.25) is 5.15 Å². The number of nitrogens with two attached hydrogens (primary N) is 1. The average Bonchev–Trinajstić information content (AvgIpc) is 3.37. The van der Waals surface area contributed by atoms with Gasteiger partial charge in [0.15, 0.2) is 6.39 Å². The molecule has 33 heavy (non-hydrogen) atoms. The lowest BCUT2D eigenvalue weighted by molar-refractivity contribution is -0.516. The number of aliphatic hydroxyl groups is 1. The molecule has 0 radical (unpaired) electrons.